The summed E-state index contributed by atoms with van der Waals surface area (Å²) in [6.45, 7) is 8.01. The van der Waals surface area contributed by atoms with Crippen LogP contribution in [0, 0.1) is 18.8 Å². The summed E-state index contributed by atoms with van der Waals surface area (Å²) in [6, 6.07) is 8.43. The minimum Gasteiger partial charge on any atom is -0.356 e. The zero-order valence-electron chi connectivity index (χ0n) is 15.1. The van der Waals surface area contributed by atoms with E-state index in [9.17, 15) is 0 Å². The maximum Gasteiger partial charge on any atom is 0.131 e. The van der Waals surface area contributed by atoms with E-state index in [1.165, 1.54) is 62.4 Å². The topological polar surface area (TPSA) is 32.3 Å². The molecular weight excluding hydrogens is 308 g/mol. The van der Waals surface area contributed by atoms with E-state index in [0.717, 1.165) is 18.4 Å². The molecular formula is C21H28N4. The number of aryl methyl sites for hydroxylation is 1. The van der Waals surface area contributed by atoms with Crippen molar-refractivity contribution in [3.05, 3.63) is 54.0 Å². The Labute approximate surface area is 150 Å². The van der Waals surface area contributed by atoms with Crippen molar-refractivity contribution in [2.24, 2.45) is 11.8 Å². The number of hydrogen-bond donors (Lipinski definition) is 0. The average molecular weight is 336 g/mol. The largest absolute Gasteiger partial charge is 0.356 e. The van der Waals surface area contributed by atoms with Crippen molar-refractivity contribution in [3.8, 4) is 0 Å². The number of anilines is 1. The molecule has 25 heavy (non-hydrogen) atoms. The summed E-state index contributed by atoms with van der Waals surface area (Å²) in [5.74, 6) is 2.90. The second kappa shape index (κ2) is 7.52. The van der Waals surface area contributed by atoms with Gasteiger partial charge < -0.3 is 4.90 Å². The van der Waals surface area contributed by atoms with Crippen LogP contribution in [-0.4, -0.2) is 41.0 Å². The first-order chi connectivity index (χ1) is 12.3. The monoisotopic (exact) mass is 336 g/mol. The Bertz CT molecular complexity index is 679. The predicted molar refractivity (Wildman–Crippen MR) is 102 cm³/mol. The average Bonchev–Trinajstić information content (AvgIpc) is 3.13. The van der Waals surface area contributed by atoms with E-state index >= 15 is 0 Å². The molecule has 2 aliphatic heterocycles. The van der Waals surface area contributed by atoms with Crippen LogP contribution in [0.1, 0.15) is 30.4 Å². The second-order valence-electron chi connectivity index (χ2n) is 7.61. The zero-order valence-corrected chi connectivity index (χ0v) is 15.1. The Hall–Kier alpha value is -1.94. The highest BCUT2D eigenvalue weighted by atomic mass is 15.2. The molecule has 2 aromatic rings. The van der Waals surface area contributed by atoms with Gasteiger partial charge in [-0.1, -0.05) is 12.1 Å². The lowest BCUT2D eigenvalue weighted by atomic mass is 9.83. The summed E-state index contributed by atoms with van der Waals surface area (Å²) in [4.78, 5) is 13.9. The molecule has 0 N–H and O–H groups in total. The Balaban J connectivity index is 1.29. The number of likely N-dealkylation sites (tertiary alicyclic amines) is 1. The summed E-state index contributed by atoms with van der Waals surface area (Å²) < 4.78 is 0. The lowest BCUT2D eigenvalue weighted by Crippen LogP contribution is -2.36. The SMILES string of the molecule is Cc1cccnc1N1CCC(C2CCN(Cc3cccnc3)CC2)C1. The Morgan fingerprint density at radius 3 is 2.56 bits per heavy atom. The van der Waals surface area contributed by atoms with Crippen molar-refractivity contribution in [2.75, 3.05) is 31.1 Å². The first-order valence-electron chi connectivity index (χ1n) is 9.57. The minimum absolute atomic E-state index is 0.835. The van der Waals surface area contributed by atoms with Crippen LogP contribution in [0.15, 0.2) is 42.9 Å². The molecule has 2 saturated heterocycles. The number of piperidine rings is 1. The molecule has 4 rings (SSSR count). The molecule has 4 nitrogen and oxygen atoms in total. The Morgan fingerprint density at radius 2 is 1.80 bits per heavy atom. The minimum atomic E-state index is 0.835. The van der Waals surface area contributed by atoms with Gasteiger partial charge in [0.1, 0.15) is 5.82 Å². The third-order valence-electron chi connectivity index (χ3n) is 5.93. The molecule has 132 valence electrons. The fourth-order valence-electron chi connectivity index (χ4n) is 4.51. The van der Waals surface area contributed by atoms with Crippen LogP contribution >= 0.6 is 0 Å². The molecule has 1 atom stereocenters. The lowest BCUT2D eigenvalue weighted by molar-refractivity contribution is 0.147. The zero-order chi connectivity index (χ0) is 17.1. The van der Waals surface area contributed by atoms with Crippen LogP contribution < -0.4 is 4.90 Å². The number of pyridine rings is 2. The molecule has 0 bridgehead atoms. The summed E-state index contributed by atoms with van der Waals surface area (Å²) in [5, 5.41) is 0. The molecule has 0 aliphatic carbocycles. The van der Waals surface area contributed by atoms with E-state index in [0.29, 0.717) is 0 Å². The van der Waals surface area contributed by atoms with Crippen molar-refractivity contribution in [1.82, 2.24) is 14.9 Å². The van der Waals surface area contributed by atoms with E-state index in [4.69, 9.17) is 0 Å². The van der Waals surface area contributed by atoms with Gasteiger partial charge in [0.15, 0.2) is 0 Å². The van der Waals surface area contributed by atoms with Crippen molar-refractivity contribution < 1.29 is 0 Å². The van der Waals surface area contributed by atoms with Crippen LogP contribution in [0.2, 0.25) is 0 Å². The van der Waals surface area contributed by atoms with E-state index in [2.05, 4.69) is 38.8 Å². The smallest absolute Gasteiger partial charge is 0.131 e. The molecule has 0 aromatic carbocycles. The van der Waals surface area contributed by atoms with E-state index < -0.39 is 0 Å². The van der Waals surface area contributed by atoms with Crippen LogP contribution in [0.5, 0.6) is 0 Å². The number of hydrogen-bond acceptors (Lipinski definition) is 4. The molecule has 2 aromatic heterocycles. The van der Waals surface area contributed by atoms with Gasteiger partial charge in [0, 0.05) is 38.2 Å². The highest BCUT2D eigenvalue weighted by molar-refractivity contribution is 5.46. The summed E-state index contributed by atoms with van der Waals surface area (Å²) in [7, 11) is 0. The van der Waals surface area contributed by atoms with Crippen molar-refractivity contribution in [1.29, 1.82) is 0 Å². The summed E-state index contributed by atoms with van der Waals surface area (Å²) in [5.41, 5.74) is 2.63. The second-order valence-corrected chi connectivity index (χ2v) is 7.61. The lowest BCUT2D eigenvalue weighted by Gasteiger charge is -2.35. The van der Waals surface area contributed by atoms with Gasteiger partial charge in [-0.3, -0.25) is 9.88 Å². The number of rotatable bonds is 4. The van der Waals surface area contributed by atoms with Crippen molar-refractivity contribution >= 4 is 5.82 Å². The quantitative estimate of drug-likeness (QED) is 0.855. The predicted octanol–water partition coefficient (Wildman–Crippen LogP) is 3.52. The molecule has 2 fully saturated rings. The first-order valence-corrected chi connectivity index (χ1v) is 9.57. The van der Waals surface area contributed by atoms with Gasteiger partial charge in [-0.05, 0) is 74.4 Å². The van der Waals surface area contributed by atoms with Gasteiger partial charge in [-0.25, -0.2) is 4.98 Å². The third kappa shape index (κ3) is 3.84. The maximum absolute atomic E-state index is 4.61. The molecule has 0 amide bonds. The first kappa shape index (κ1) is 16.5. The standard InChI is InChI=1S/C21H28N4/c1-17-4-2-10-23-21(17)25-13-8-20(16-25)19-6-11-24(12-7-19)15-18-5-3-9-22-14-18/h2-5,9-10,14,19-20H,6-8,11-13,15-16H2,1H3. The van der Waals surface area contributed by atoms with Gasteiger partial charge in [0.25, 0.3) is 0 Å². The van der Waals surface area contributed by atoms with Gasteiger partial charge in [0.2, 0.25) is 0 Å². The summed E-state index contributed by atoms with van der Waals surface area (Å²) in [6.07, 6.45) is 9.76. The van der Waals surface area contributed by atoms with E-state index in [1.807, 2.05) is 30.7 Å². The van der Waals surface area contributed by atoms with Crippen LogP contribution in [0.25, 0.3) is 0 Å². The number of nitrogens with zero attached hydrogens (tertiary/aromatic N) is 4. The highest BCUT2D eigenvalue weighted by Gasteiger charge is 2.32. The molecule has 4 heterocycles. The van der Waals surface area contributed by atoms with Gasteiger partial charge >= 0.3 is 0 Å². The number of aromatic nitrogens is 2. The third-order valence-corrected chi connectivity index (χ3v) is 5.93. The molecule has 0 spiro atoms. The van der Waals surface area contributed by atoms with Gasteiger partial charge in [0.05, 0.1) is 0 Å². The Morgan fingerprint density at radius 1 is 1.00 bits per heavy atom. The van der Waals surface area contributed by atoms with E-state index in [-0.39, 0.29) is 0 Å². The molecule has 1 unspecified atom stereocenters. The van der Waals surface area contributed by atoms with Gasteiger partial charge in [-0.2, -0.15) is 0 Å². The fraction of sp³-hybridized carbons (Fsp3) is 0.524. The van der Waals surface area contributed by atoms with Crippen LogP contribution in [0.4, 0.5) is 5.82 Å². The van der Waals surface area contributed by atoms with Gasteiger partial charge in [-0.15, -0.1) is 0 Å². The van der Waals surface area contributed by atoms with Crippen LogP contribution in [0.3, 0.4) is 0 Å². The van der Waals surface area contributed by atoms with E-state index in [1.54, 1.807) is 0 Å². The normalized spacial score (nSPS) is 22.4. The van der Waals surface area contributed by atoms with Crippen LogP contribution in [-0.2, 0) is 6.54 Å². The Kier molecular flexibility index (Phi) is 4.97. The highest BCUT2D eigenvalue weighted by Crippen LogP contribution is 2.34. The fourth-order valence-corrected chi connectivity index (χ4v) is 4.51. The van der Waals surface area contributed by atoms with Crippen molar-refractivity contribution in [3.63, 3.8) is 0 Å². The van der Waals surface area contributed by atoms with Crippen molar-refractivity contribution in [2.45, 2.75) is 32.7 Å². The molecule has 2 aliphatic rings. The summed E-state index contributed by atoms with van der Waals surface area (Å²) >= 11 is 0. The maximum atomic E-state index is 4.61. The molecule has 0 saturated carbocycles. The molecule has 0 radical (unpaired) electrons. The molecule has 4 heteroatoms.